The normalized spacial score (nSPS) is 15.4. The summed E-state index contributed by atoms with van der Waals surface area (Å²) in [5, 5.41) is -0.576. The van der Waals surface area contributed by atoms with Gasteiger partial charge in [0.1, 0.15) is 10.9 Å². The first kappa shape index (κ1) is 15.0. The Hall–Kier alpha value is -1.01. The van der Waals surface area contributed by atoms with E-state index in [1.54, 1.807) is 0 Å². The SMILES string of the molecule is COc1cnc(Cl)c(C(F)(F)F)c1.NC1CCC1. The molecule has 2 N–H and O–H groups in total. The number of hydrogen-bond acceptors (Lipinski definition) is 3. The zero-order chi connectivity index (χ0) is 13.8. The highest BCUT2D eigenvalue weighted by atomic mass is 35.5. The molecule has 0 amide bonds. The highest BCUT2D eigenvalue weighted by Crippen LogP contribution is 2.35. The fourth-order valence-electron chi connectivity index (χ4n) is 1.18. The van der Waals surface area contributed by atoms with Crippen LogP contribution >= 0.6 is 11.6 Å². The van der Waals surface area contributed by atoms with Gasteiger partial charge in [-0.3, -0.25) is 0 Å². The number of methoxy groups -OCH3 is 1. The number of hydrogen-bond donors (Lipinski definition) is 1. The maximum atomic E-state index is 12.2. The van der Waals surface area contributed by atoms with Gasteiger partial charge in [-0.25, -0.2) is 4.98 Å². The Morgan fingerprint density at radius 1 is 1.44 bits per heavy atom. The maximum Gasteiger partial charge on any atom is 0.419 e. The third kappa shape index (κ3) is 4.34. The molecule has 2 rings (SSSR count). The highest BCUT2D eigenvalue weighted by Gasteiger charge is 2.34. The average Bonchev–Trinajstić information content (AvgIpc) is 2.26. The zero-order valence-electron chi connectivity index (χ0n) is 9.80. The predicted molar refractivity (Wildman–Crippen MR) is 62.6 cm³/mol. The maximum absolute atomic E-state index is 12.2. The van der Waals surface area contributed by atoms with Gasteiger partial charge in [0.2, 0.25) is 0 Å². The van der Waals surface area contributed by atoms with E-state index in [1.807, 2.05) is 0 Å². The number of pyridine rings is 1. The van der Waals surface area contributed by atoms with Crippen LogP contribution in [0.5, 0.6) is 5.75 Å². The standard InChI is InChI=1S/C7H5ClF3NO.C4H9N/c1-13-4-2-5(7(9,10)11)6(8)12-3-4;5-4-2-1-3-4/h2-3H,1H3;4H,1-3,5H2. The lowest BCUT2D eigenvalue weighted by Gasteiger charge is -2.18. The molecule has 1 saturated carbocycles. The third-order valence-corrected chi connectivity index (χ3v) is 2.81. The third-order valence-electron chi connectivity index (χ3n) is 2.50. The van der Waals surface area contributed by atoms with Crippen LogP contribution < -0.4 is 10.5 Å². The fourth-order valence-corrected chi connectivity index (χ4v) is 1.39. The van der Waals surface area contributed by atoms with Gasteiger partial charge in [0.05, 0.1) is 18.9 Å². The molecule has 3 nitrogen and oxygen atoms in total. The molecule has 0 bridgehead atoms. The van der Waals surface area contributed by atoms with E-state index in [9.17, 15) is 13.2 Å². The molecule has 0 aromatic carbocycles. The van der Waals surface area contributed by atoms with Crippen molar-refractivity contribution < 1.29 is 17.9 Å². The van der Waals surface area contributed by atoms with Gasteiger partial charge in [-0.15, -0.1) is 0 Å². The number of halogens is 4. The Kier molecular flexibility index (Phi) is 5.22. The summed E-state index contributed by atoms with van der Waals surface area (Å²) in [6, 6.07) is 1.37. The van der Waals surface area contributed by atoms with Gasteiger partial charge >= 0.3 is 6.18 Å². The first-order valence-corrected chi connectivity index (χ1v) is 5.74. The van der Waals surface area contributed by atoms with E-state index in [0.717, 1.165) is 12.3 Å². The first-order chi connectivity index (χ1) is 8.34. The summed E-state index contributed by atoms with van der Waals surface area (Å²) in [5.41, 5.74) is 4.39. The number of nitrogens with two attached hydrogens (primary N) is 1. The van der Waals surface area contributed by atoms with Gasteiger partial charge in [0.25, 0.3) is 0 Å². The van der Waals surface area contributed by atoms with E-state index < -0.39 is 16.9 Å². The monoisotopic (exact) mass is 282 g/mol. The first-order valence-electron chi connectivity index (χ1n) is 5.37. The quantitative estimate of drug-likeness (QED) is 0.804. The van der Waals surface area contributed by atoms with E-state index in [0.29, 0.717) is 6.04 Å². The van der Waals surface area contributed by atoms with Crippen molar-refractivity contribution in [3.8, 4) is 5.75 Å². The van der Waals surface area contributed by atoms with E-state index in [-0.39, 0.29) is 5.75 Å². The Labute approximate surface area is 108 Å². The second kappa shape index (κ2) is 6.24. The largest absolute Gasteiger partial charge is 0.495 e. The zero-order valence-corrected chi connectivity index (χ0v) is 10.6. The number of nitrogens with zero attached hydrogens (tertiary/aromatic N) is 1. The van der Waals surface area contributed by atoms with Gasteiger partial charge in [-0.1, -0.05) is 18.0 Å². The summed E-state index contributed by atoms with van der Waals surface area (Å²) in [6.45, 7) is 0. The van der Waals surface area contributed by atoms with Gasteiger partial charge in [-0.2, -0.15) is 13.2 Å². The van der Waals surface area contributed by atoms with Gasteiger partial charge in [-0.05, 0) is 18.9 Å². The van der Waals surface area contributed by atoms with Crippen molar-refractivity contribution in [3.05, 3.63) is 23.0 Å². The van der Waals surface area contributed by atoms with Crippen LogP contribution in [0, 0.1) is 0 Å². The lowest BCUT2D eigenvalue weighted by atomic mass is 9.95. The second-order valence-electron chi connectivity index (χ2n) is 3.90. The molecule has 1 fully saturated rings. The van der Waals surface area contributed by atoms with Crippen molar-refractivity contribution >= 4 is 11.6 Å². The van der Waals surface area contributed by atoms with Gasteiger partial charge in [0, 0.05) is 6.04 Å². The van der Waals surface area contributed by atoms with E-state index in [1.165, 1.54) is 26.4 Å². The average molecular weight is 283 g/mol. The van der Waals surface area contributed by atoms with Gasteiger partial charge < -0.3 is 10.5 Å². The van der Waals surface area contributed by atoms with Gasteiger partial charge in [0.15, 0.2) is 0 Å². The van der Waals surface area contributed by atoms with E-state index >= 15 is 0 Å². The molecule has 102 valence electrons. The van der Waals surface area contributed by atoms with Crippen molar-refractivity contribution in [1.29, 1.82) is 0 Å². The van der Waals surface area contributed by atoms with Crippen LogP contribution in [0.15, 0.2) is 12.3 Å². The Morgan fingerprint density at radius 2 is 2.00 bits per heavy atom. The molecule has 1 aliphatic carbocycles. The van der Waals surface area contributed by atoms with Crippen LogP contribution in [-0.2, 0) is 6.18 Å². The number of aromatic nitrogens is 1. The van der Waals surface area contributed by atoms with Crippen LogP contribution in [0.25, 0.3) is 0 Å². The molecule has 1 aromatic heterocycles. The molecule has 1 aromatic rings. The van der Waals surface area contributed by atoms with Crippen LogP contribution in [-0.4, -0.2) is 18.1 Å². The molecule has 0 saturated heterocycles. The Morgan fingerprint density at radius 3 is 2.33 bits per heavy atom. The summed E-state index contributed by atoms with van der Waals surface area (Å²) < 4.78 is 41.1. The molecule has 18 heavy (non-hydrogen) atoms. The smallest absolute Gasteiger partial charge is 0.419 e. The molecule has 0 atom stereocenters. The summed E-state index contributed by atoms with van der Waals surface area (Å²) in [7, 11) is 1.26. The van der Waals surface area contributed by atoms with Crippen LogP contribution in [0.3, 0.4) is 0 Å². The number of alkyl halides is 3. The predicted octanol–water partition coefficient (Wildman–Crippen LogP) is 3.26. The molecule has 1 aliphatic rings. The molecule has 7 heteroatoms. The summed E-state index contributed by atoms with van der Waals surface area (Å²) in [5.74, 6) is 0.0247. The Bertz CT molecular complexity index is 394. The van der Waals surface area contributed by atoms with Crippen molar-refractivity contribution in [2.45, 2.75) is 31.5 Å². The molecule has 0 spiro atoms. The number of rotatable bonds is 1. The molecule has 0 aliphatic heterocycles. The minimum Gasteiger partial charge on any atom is -0.495 e. The van der Waals surface area contributed by atoms with Crippen molar-refractivity contribution in [2.24, 2.45) is 5.73 Å². The molecular weight excluding hydrogens is 269 g/mol. The van der Waals surface area contributed by atoms with Crippen LogP contribution in [0.4, 0.5) is 13.2 Å². The van der Waals surface area contributed by atoms with Crippen LogP contribution in [0.1, 0.15) is 24.8 Å². The van der Waals surface area contributed by atoms with Crippen molar-refractivity contribution in [2.75, 3.05) is 7.11 Å². The minimum atomic E-state index is -4.50. The molecular formula is C11H14ClF3N2O. The molecule has 0 unspecified atom stereocenters. The summed E-state index contributed by atoms with van der Waals surface area (Å²) >= 11 is 5.25. The highest BCUT2D eigenvalue weighted by molar-refractivity contribution is 6.30. The van der Waals surface area contributed by atoms with Crippen molar-refractivity contribution in [1.82, 2.24) is 4.98 Å². The lowest BCUT2D eigenvalue weighted by Crippen LogP contribution is -2.27. The summed E-state index contributed by atoms with van der Waals surface area (Å²) in [4.78, 5) is 3.34. The summed E-state index contributed by atoms with van der Waals surface area (Å²) in [6.07, 6.45) is 0.511. The van der Waals surface area contributed by atoms with Crippen molar-refractivity contribution in [3.63, 3.8) is 0 Å². The fraction of sp³-hybridized carbons (Fsp3) is 0.545. The lowest BCUT2D eigenvalue weighted by molar-refractivity contribution is -0.137. The Balaban J connectivity index is 0.000000269. The topological polar surface area (TPSA) is 48.1 Å². The van der Waals surface area contributed by atoms with Crippen LogP contribution in [0.2, 0.25) is 5.15 Å². The number of ether oxygens (including phenoxy) is 1. The molecule has 1 heterocycles. The van der Waals surface area contributed by atoms with E-state index in [2.05, 4.69) is 9.72 Å². The minimum absolute atomic E-state index is 0.0247. The second-order valence-corrected chi connectivity index (χ2v) is 4.26. The molecule has 0 radical (unpaired) electrons. The van der Waals surface area contributed by atoms with E-state index in [4.69, 9.17) is 17.3 Å².